The van der Waals surface area contributed by atoms with Crippen LogP contribution in [0.3, 0.4) is 0 Å². The van der Waals surface area contributed by atoms with E-state index in [-0.39, 0.29) is 16.4 Å². The maximum atomic E-state index is 12.2. The summed E-state index contributed by atoms with van der Waals surface area (Å²) in [6, 6.07) is 0. The van der Waals surface area contributed by atoms with Gasteiger partial charge in [-0.15, -0.1) is 0 Å². The molecule has 0 aliphatic rings. The number of rotatable bonds is 1. The van der Waals surface area contributed by atoms with Crippen molar-refractivity contribution >= 4 is 17.4 Å². The van der Waals surface area contributed by atoms with Gasteiger partial charge in [0.2, 0.25) is 0 Å². The fourth-order valence-electron chi connectivity index (χ4n) is 0.774. The molecule has 2 N–H and O–H groups in total. The topological polar surface area (TPSA) is 38.9 Å². The summed E-state index contributed by atoms with van der Waals surface area (Å²) in [5.41, 5.74) is 5.47. The van der Waals surface area contributed by atoms with Crippen molar-refractivity contribution in [2.75, 3.05) is 5.73 Å². The standard InChI is InChI=1S/C7H7ClF2N2/c1-3-5(8)4(6(9)10)2-12-7(3)11/h2,6H,1H3,(H2,11,12). The van der Waals surface area contributed by atoms with Crippen LogP contribution in [0, 0.1) is 6.92 Å². The Hall–Kier alpha value is -0.900. The molecule has 1 rings (SSSR count). The molecule has 0 aliphatic heterocycles. The number of alkyl halides is 2. The van der Waals surface area contributed by atoms with Gasteiger partial charge in [0.1, 0.15) is 5.82 Å². The van der Waals surface area contributed by atoms with E-state index in [9.17, 15) is 8.78 Å². The van der Waals surface area contributed by atoms with Crippen molar-refractivity contribution < 1.29 is 8.78 Å². The summed E-state index contributed by atoms with van der Waals surface area (Å²) < 4.78 is 24.3. The zero-order chi connectivity index (χ0) is 9.30. The first kappa shape index (κ1) is 9.19. The summed E-state index contributed by atoms with van der Waals surface area (Å²) >= 11 is 5.59. The molecule has 0 fully saturated rings. The Morgan fingerprint density at radius 2 is 2.17 bits per heavy atom. The normalized spacial score (nSPS) is 10.8. The van der Waals surface area contributed by atoms with E-state index in [4.69, 9.17) is 17.3 Å². The molecule has 0 aromatic carbocycles. The molecule has 66 valence electrons. The lowest BCUT2D eigenvalue weighted by Gasteiger charge is -2.06. The molecule has 1 aromatic rings. The Kier molecular flexibility index (Phi) is 2.47. The third kappa shape index (κ3) is 1.48. The van der Waals surface area contributed by atoms with Crippen molar-refractivity contribution in [2.45, 2.75) is 13.3 Å². The van der Waals surface area contributed by atoms with E-state index in [0.29, 0.717) is 5.56 Å². The van der Waals surface area contributed by atoms with Crippen LogP contribution in [-0.2, 0) is 0 Å². The Balaban J connectivity index is 3.27. The van der Waals surface area contributed by atoms with Gasteiger partial charge in [-0.2, -0.15) is 0 Å². The van der Waals surface area contributed by atoms with Gasteiger partial charge < -0.3 is 5.73 Å². The second kappa shape index (κ2) is 3.23. The number of nitrogens with two attached hydrogens (primary N) is 1. The highest BCUT2D eigenvalue weighted by Crippen LogP contribution is 2.30. The van der Waals surface area contributed by atoms with E-state index in [1.54, 1.807) is 6.92 Å². The van der Waals surface area contributed by atoms with Crippen LogP contribution in [0.15, 0.2) is 6.20 Å². The summed E-state index contributed by atoms with van der Waals surface area (Å²) in [7, 11) is 0. The largest absolute Gasteiger partial charge is 0.383 e. The van der Waals surface area contributed by atoms with Gasteiger partial charge in [-0.25, -0.2) is 13.8 Å². The highest BCUT2D eigenvalue weighted by molar-refractivity contribution is 6.32. The van der Waals surface area contributed by atoms with E-state index in [0.717, 1.165) is 6.20 Å². The second-order valence-corrected chi connectivity index (χ2v) is 2.72. The van der Waals surface area contributed by atoms with Crippen LogP contribution < -0.4 is 5.73 Å². The van der Waals surface area contributed by atoms with Crippen LogP contribution in [0.5, 0.6) is 0 Å². The number of halogens is 3. The first-order chi connectivity index (χ1) is 5.54. The van der Waals surface area contributed by atoms with Gasteiger partial charge in [-0.05, 0) is 6.92 Å². The van der Waals surface area contributed by atoms with Gasteiger partial charge in [0.25, 0.3) is 6.43 Å². The molecule has 0 amide bonds. The van der Waals surface area contributed by atoms with Gasteiger partial charge in [0.15, 0.2) is 0 Å². The average Bonchev–Trinajstić information content (AvgIpc) is 2.00. The molecule has 0 saturated carbocycles. The summed E-state index contributed by atoms with van der Waals surface area (Å²) in [5.74, 6) is 0.185. The lowest BCUT2D eigenvalue weighted by Crippen LogP contribution is -1.98. The molecule has 1 heterocycles. The zero-order valence-electron chi connectivity index (χ0n) is 6.31. The number of nitrogen functional groups attached to an aromatic ring is 1. The van der Waals surface area contributed by atoms with Crippen molar-refractivity contribution in [2.24, 2.45) is 0 Å². The molecule has 12 heavy (non-hydrogen) atoms. The second-order valence-electron chi connectivity index (χ2n) is 2.34. The lowest BCUT2D eigenvalue weighted by atomic mass is 10.2. The molecule has 2 nitrogen and oxygen atoms in total. The fraction of sp³-hybridized carbons (Fsp3) is 0.286. The Morgan fingerprint density at radius 3 is 2.67 bits per heavy atom. The van der Waals surface area contributed by atoms with Crippen LogP contribution in [0.4, 0.5) is 14.6 Å². The minimum Gasteiger partial charge on any atom is -0.383 e. The summed E-state index contributed by atoms with van der Waals surface area (Å²) in [5, 5.41) is -0.00231. The molecular formula is C7H7ClF2N2. The predicted octanol–water partition coefficient (Wildman–Crippen LogP) is 2.56. The van der Waals surface area contributed by atoms with E-state index < -0.39 is 6.43 Å². The summed E-state index contributed by atoms with van der Waals surface area (Å²) in [4.78, 5) is 3.57. The quantitative estimate of drug-likeness (QED) is 0.743. The predicted molar refractivity (Wildman–Crippen MR) is 43.4 cm³/mol. The van der Waals surface area contributed by atoms with Crippen molar-refractivity contribution in [1.82, 2.24) is 4.98 Å². The van der Waals surface area contributed by atoms with Crippen molar-refractivity contribution in [3.05, 3.63) is 22.3 Å². The molecule has 0 unspecified atom stereocenters. The van der Waals surface area contributed by atoms with Gasteiger partial charge >= 0.3 is 0 Å². The van der Waals surface area contributed by atoms with Crippen molar-refractivity contribution in [3.8, 4) is 0 Å². The molecular weight excluding hydrogens is 186 g/mol. The molecule has 1 aromatic heterocycles. The minimum atomic E-state index is -2.61. The summed E-state index contributed by atoms with van der Waals surface area (Å²) in [6.45, 7) is 1.55. The number of hydrogen-bond donors (Lipinski definition) is 1. The third-order valence-corrected chi connectivity index (χ3v) is 2.05. The molecule has 0 radical (unpaired) electrons. The third-order valence-electron chi connectivity index (χ3n) is 1.54. The van der Waals surface area contributed by atoms with Crippen LogP contribution >= 0.6 is 11.6 Å². The number of nitrogens with zero attached hydrogens (tertiary/aromatic N) is 1. The van der Waals surface area contributed by atoms with Crippen LogP contribution in [-0.4, -0.2) is 4.98 Å². The fourth-order valence-corrected chi connectivity index (χ4v) is 1.00. The number of hydrogen-bond acceptors (Lipinski definition) is 2. The zero-order valence-corrected chi connectivity index (χ0v) is 7.07. The average molecular weight is 193 g/mol. The van der Waals surface area contributed by atoms with E-state index in [2.05, 4.69) is 4.98 Å². The monoisotopic (exact) mass is 192 g/mol. The van der Waals surface area contributed by atoms with Crippen LogP contribution in [0.2, 0.25) is 5.02 Å². The Bertz CT molecular complexity index is 302. The Labute approximate surface area is 73.4 Å². The van der Waals surface area contributed by atoms with Gasteiger partial charge in [0.05, 0.1) is 10.6 Å². The first-order valence-corrected chi connectivity index (χ1v) is 3.60. The lowest BCUT2D eigenvalue weighted by molar-refractivity contribution is 0.151. The Morgan fingerprint density at radius 1 is 1.58 bits per heavy atom. The maximum Gasteiger partial charge on any atom is 0.266 e. The number of anilines is 1. The molecule has 0 saturated heterocycles. The van der Waals surface area contributed by atoms with Gasteiger partial charge in [-0.3, -0.25) is 0 Å². The SMILES string of the molecule is Cc1c(N)ncc(C(F)F)c1Cl. The van der Waals surface area contributed by atoms with Crippen molar-refractivity contribution in [1.29, 1.82) is 0 Å². The molecule has 0 spiro atoms. The number of pyridine rings is 1. The van der Waals surface area contributed by atoms with E-state index >= 15 is 0 Å². The first-order valence-electron chi connectivity index (χ1n) is 3.22. The van der Waals surface area contributed by atoms with Crippen LogP contribution in [0.25, 0.3) is 0 Å². The molecule has 0 atom stereocenters. The van der Waals surface area contributed by atoms with Gasteiger partial charge in [-0.1, -0.05) is 11.6 Å². The molecule has 5 heteroatoms. The smallest absolute Gasteiger partial charge is 0.266 e. The number of aromatic nitrogens is 1. The highest BCUT2D eigenvalue weighted by Gasteiger charge is 2.15. The molecule has 0 aliphatic carbocycles. The van der Waals surface area contributed by atoms with Crippen LogP contribution in [0.1, 0.15) is 17.6 Å². The van der Waals surface area contributed by atoms with Gasteiger partial charge in [0, 0.05) is 11.8 Å². The van der Waals surface area contributed by atoms with Crippen molar-refractivity contribution in [3.63, 3.8) is 0 Å². The minimum absolute atomic E-state index is 0.00231. The van der Waals surface area contributed by atoms with E-state index in [1.807, 2.05) is 0 Å². The maximum absolute atomic E-state index is 12.2. The molecule has 0 bridgehead atoms. The highest BCUT2D eigenvalue weighted by atomic mass is 35.5. The summed E-state index contributed by atoms with van der Waals surface area (Å²) in [6.07, 6.45) is -1.61. The van der Waals surface area contributed by atoms with E-state index in [1.165, 1.54) is 0 Å².